The molecule has 0 amide bonds. The van der Waals surface area contributed by atoms with Crippen LogP contribution in [0.3, 0.4) is 0 Å². The Balaban J connectivity index is 2.11. The normalized spacial score (nSPS) is 16.7. The number of halogens is 1. The maximum absolute atomic E-state index is 13.0. The van der Waals surface area contributed by atoms with Gasteiger partial charge in [0.1, 0.15) is 0 Å². The molecule has 0 saturated carbocycles. The van der Waals surface area contributed by atoms with E-state index in [1.54, 1.807) is 0 Å². The van der Waals surface area contributed by atoms with Crippen molar-refractivity contribution < 1.29 is 4.79 Å². The topological polar surface area (TPSA) is 17.1 Å². The summed E-state index contributed by atoms with van der Waals surface area (Å²) in [5.41, 5.74) is 3.58. The van der Waals surface area contributed by atoms with E-state index in [2.05, 4.69) is 19.1 Å². The smallest absolute Gasteiger partial charge is 0.194 e. The van der Waals surface area contributed by atoms with Crippen molar-refractivity contribution in [2.24, 2.45) is 0 Å². The van der Waals surface area contributed by atoms with Crippen molar-refractivity contribution in [3.8, 4) is 0 Å². The van der Waals surface area contributed by atoms with Crippen LogP contribution in [0.4, 0.5) is 0 Å². The molecule has 0 heterocycles. The van der Waals surface area contributed by atoms with E-state index >= 15 is 0 Å². The van der Waals surface area contributed by atoms with E-state index < -0.39 is 0 Å². The second kappa shape index (κ2) is 4.44. The molecular weight excluding hydrogens is 280 g/mol. The Morgan fingerprint density at radius 3 is 2.62 bits per heavy atom. The summed E-state index contributed by atoms with van der Waals surface area (Å²) in [6.45, 7) is 2.12. The lowest BCUT2D eigenvalue weighted by Crippen LogP contribution is -2.18. The van der Waals surface area contributed by atoms with Crippen molar-refractivity contribution in [3.63, 3.8) is 0 Å². The predicted octanol–water partition coefficient (Wildman–Crippen LogP) is 5.19. The third-order valence-electron chi connectivity index (χ3n) is 4.39. The Kier molecular flexibility index (Phi) is 2.66. The number of rotatable bonds is 0. The quantitative estimate of drug-likeness (QED) is 0.557. The van der Waals surface area contributed by atoms with Crippen LogP contribution in [-0.4, -0.2) is 5.78 Å². The molecule has 102 valence electrons. The number of carbonyl (C=O) groups excluding carboxylic acids is 1. The molecular formula is C19H13ClO. The number of carbonyl (C=O) groups is 1. The molecule has 1 atom stereocenters. The monoisotopic (exact) mass is 292 g/mol. The fourth-order valence-electron chi connectivity index (χ4n) is 3.37. The van der Waals surface area contributed by atoms with E-state index in [0.717, 1.165) is 33.0 Å². The average molecular weight is 293 g/mol. The van der Waals surface area contributed by atoms with Gasteiger partial charge in [-0.15, -0.1) is 0 Å². The lowest BCUT2D eigenvalue weighted by Gasteiger charge is -2.26. The van der Waals surface area contributed by atoms with Gasteiger partial charge >= 0.3 is 0 Å². The summed E-state index contributed by atoms with van der Waals surface area (Å²) in [5.74, 6) is 0.211. The molecule has 0 bridgehead atoms. The first-order chi connectivity index (χ1) is 10.2. The first kappa shape index (κ1) is 12.6. The van der Waals surface area contributed by atoms with Crippen molar-refractivity contribution >= 4 is 28.2 Å². The molecule has 3 aromatic rings. The molecule has 0 aromatic heterocycles. The minimum atomic E-state index is 0.0809. The molecule has 21 heavy (non-hydrogen) atoms. The first-order valence-corrected chi connectivity index (χ1v) is 7.41. The molecule has 2 heteroatoms. The predicted molar refractivity (Wildman–Crippen MR) is 86.3 cm³/mol. The third-order valence-corrected chi connectivity index (χ3v) is 4.71. The van der Waals surface area contributed by atoms with Gasteiger partial charge in [-0.05, 0) is 28.0 Å². The highest BCUT2D eigenvalue weighted by molar-refractivity contribution is 6.33. The van der Waals surface area contributed by atoms with E-state index in [9.17, 15) is 4.79 Å². The molecule has 4 rings (SSSR count). The third kappa shape index (κ3) is 1.68. The van der Waals surface area contributed by atoms with E-state index in [-0.39, 0.29) is 11.7 Å². The van der Waals surface area contributed by atoms with Gasteiger partial charge in [-0.3, -0.25) is 4.79 Å². The lowest BCUT2D eigenvalue weighted by atomic mass is 9.76. The van der Waals surface area contributed by atoms with Crippen LogP contribution in [0.1, 0.15) is 39.9 Å². The molecule has 1 aliphatic carbocycles. The molecule has 3 aromatic carbocycles. The van der Waals surface area contributed by atoms with Gasteiger partial charge in [-0.1, -0.05) is 67.1 Å². The largest absolute Gasteiger partial charge is 0.289 e. The summed E-state index contributed by atoms with van der Waals surface area (Å²) in [4.78, 5) is 13.0. The highest BCUT2D eigenvalue weighted by Crippen LogP contribution is 2.42. The fraction of sp³-hybridized carbons (Fsp3) is 0.105. The zero-order chi connectivity index (χ0) is 14.6. The fourth-order valence-corrected chi connectivity index (χ4v) is 3.71. The summed E-state index contributed by atoms with van der Waals surface area (Å²) in [6.07, 6.45) is 0. The van der Waals surface area contributed by atoms with Crippen molar-refractivity contribution in [2.75, 3.05) is 0 Å². The molecule has 0 unspecified atom stereocenters. The van der Waals surface area contributed by atoms with Crippen molar-refractivity contribution in [3.05, 3.63) is 81.9 Å². The van der Waals surface area contributed by atoms with Gasteiger partial charge in [0.25, 0.3) is 0 Å². The number of benzene rings is 3. The number of hydrogen-bond acceptors (Lipinski definition) is 1. The SMILES string of the molecule is C[C@@H]1c2ccc3ccccc3c2C(=O)c2cccc(Cl)c21. The Bertz CT molecular complexity index is 895. The zero-order valence-electron chi connectivity index (χ0n) is 11.6. The van der Waals surface area contributed by atoms with Gasteiger partial charge in [-0.25, -0.2) is 0 Å². The van der Waals surface area contributed by atoms with Crippen LogP contribution >= 0.6 is 11.6 Å². The van der Waals surface area contributed by atoms with Gasteiger partial charge in [0.2, 0.25) is 0 Å². The summed E-state index contributed by atoms with van der Waals surface area (Å²) in [5, 5.41) is 2.80. The lowest BCUT2D eigenvalue weighted by molar-refractivity contribution is 0.103. The molecule has 1 aliphatic rings. The van der Waals surface area contributed by atoms with Gasteiger partial charge in [0.05, 0.1) is 0 Å². The second-order valence-corrected chi connectivity index (χ2v) is 5.91. The Morgan fingerprint density at radius 2 is 1.76 bits per heavy atom. The molecule has 0 aliphatic heterocycles. The highest BCUT2D eigenvalue weighted by atomic mass is 35.5. The standard InChI is InChI=1S/C19H13ClO/c1-11-13-10-9-12-5-2-3-6-14(12)18(13)19(21)15-7-4-8-16(20)17(11)15/h2-11H,1H3/t11-/m1/s1. The van der Waals surface area contributed by atoms with Crippen LogP contribution in [0.2, 0.25) is 5.02 Å². The van der Waals surface area contributed by atoms with Crippen molar-refractivity contribution in [1.29, 1.82) is 0 Å². The van der Waals surface area contributed by atoms with Crippen LogP contribution in [0.5, 0.6) is 0 Å². The summed E-state index contributed by atoms with van der Waals surface area (Å²) >= 11 is 6.33. The van der Waals surface area contributed by atoms with E-state index in [1.165, 1.54) is 0 Å². The summed E-state index contributed by atoms with van der Waals surface area (Å²) in [7, 11) is 0. The number of ketones is 1. The van der Waals surface area contributed by atoms with Crippen molar-refractivity contribution in [1.82, 2.24) is 0 Å². The van der Waals surface area contributed by atoms with E-state index in [4.69, 9.17) is 11.6 Å². The van der Waals surface area contributed by atoms with Crippen LogP contribution in [-0.2, 0) is 0 Å². The maximum atomic E-state index is 13.0. The Hall–Kier alpha value is -2.12. The molecule has 0 fully saturated rings. The van der Waals surface area contributed by atoms with E-state index in [0.29, 0.717) is 5.02 Å². The molecule has 0 radical (unpaired) electrons. The molecule has 0 spiro atoms. The van der Waals surface area contributed by atoms with Gasteiger partial charge in [-0.2, -0.15) is 0 Å². The summed E-state index contributed by atoms with van der Waals surface area (Å²) in [6, 6.07) is 17.8. The van der Waals surface area contributed by atoms with E-state index in [1.807, 2.05) is 42.5 Å². The number of hydrogen-bond donors (Lipinski definition) is 0. The Labute approximate surface area is 128 Å². The molecule has 0 saturated heterocycles. The molecule has 1 nitrogen and oxygen atoms in total. The van der Waals surface area contributed by atoms with Crippen LogP contribution in [0.25, 0.3) is 10.8 Å². The average Bonchev–Trinajstić information content (AvgIpc) is 2.51. The first-order valence-electron chi connectivity index (χ1n) is 7.03. The number of fused-ring (bicyclic) bond motifs is 4. The van der Waals surface area contributed by atoms with Crippen LogP contribution in [0.15, 0.2) is 54.6 Å². The maximum Gasteiger partial charge on any atom is 0.194 e. The minimum Gasteiger partial charge on any atom is -0.289 e. The van der Waals surface area contributed by atoms with Gasteiger partial charge in [0.15, 0.2) is 5.78 Å². The van der Waals surface area contributed by atoms with Crippen molar-refractivity contribution in [2.45, 2.75) is 12.8 Å². The zero-order valence-corrected chi connectivity index (χ0v) is 12.3. The Morgan fingerprint density at radius 1 is 0.952 bits per heavy atom. The second-order valence-electron chi connectivity index (χ2n) is 5.50. The summed E-state index contributed by atoms with van der Waals surface area (Å²) < 4.78 is 0. The highest BCUT2D eigenvalue weighted by Gasteiger charge is 2.31. The van der Waals surface area contributed by atoms with Crippen LogP contribution in [0, 0.1) is 0 Å². The molecule has 0 N–H and O–H groups in total. The van der Waals surface area contributed by atoms with Gasteiger partial charge in [0, 0.05) is 22.1 Å². The van der Waals surface area contributed by atoms with Crippen LogP contribution < -0.4 is 0 Å². The minimum absolute atomic E-state index is 0.0809. The van der Waals surface area contributed by atoms with Gasteiger partial charge < -0.3 is 0 Å².